The van der Waals surface area contributed by atoms with E-state index in [1.165, 1.54) is 0 Å². The fraction of sp³-hybridized carbons (Fsp3) is 0.600. The van der Waals surface area contributed by atoms with Gasteiger partial charge in [0, 0.05) is 19.6 Å². The van der Waals surface area contributed by atoms with Gasteiger partial charge >= 0.3 is 0 Å². The molecule has 0 atom stereocenters. The highest BCUT2D eigenvalue weighted by Gasteiger charge is 2.16. The fourth-order valence-electron chi connectivity index (χ4n) is 2.17. The molecule has 2 aromatic rings. The van der Waals surface area contributed by atoms with Crippen molar-refractivity contribution >= 4 is 0 Å². The molecule has 21 heavy (non-hydrogen) atoms. The minimum Gasteiger partial charge on any atom is -0.436 e. The number of nitrogens with zero attached hydrogens (tertiary/aromatic N) is 4. The van der Waals surface area contributed by atoms with Crippen molar-refractivity contribution < 1.29 is 4.74 Å². The van der Waals surface area contributed by atoms with Crippen molar-refractivity contribution in [3.63, 3.8) is 0 Å². The van der Waals surface area contributed by atoms with Crippen LogP contribution in [0, 0.1) is 6.92 Å². The summed E-state index contributed by atoms with van der Waals surface area (Å²) in [6.07, 6.45) is 4.76. The molecule has 0 saturated carbocycles. The van der Waals surface area contributed by atoms with Gasteiger partial charge in [0.2, 0.25) is 5.88 Å². The summed E-state index contributed by atoms with van der Waals surface area (Å²) in [6, 6.07) is 0.321. The summed E-state index contributed by atoms with van der Waals surface area (Å²) in [5.41, 5.74) is 2.09. The van der Waals surface area contributed by atoms with Crippen LogP contribution >= 0.6 is 0 Å². The van der Waals surface area contributed by atoms with Gasteiger partial charge in [0.15, 0.2) is 5.75 Å². The average molecular weight is 291 g/mol. The van der Waals surface area contributed by atoms with E-state index < -0.39 is 0 Å². The van der Waals surface area contributed by atoms with Crippen molar-refractivity contribution in [2.45, 2.75) is 46.7 Å². The van der Waals surface area contributed by atoms with Crippen molar-refractivity contribution in [2.75, 3.05) is 6.54 Å². The van der Waals surface area contributed by atoms with Crippen LogP contribution in [-0.4, -0.2) is 26.1 Å². The van der Waals surface area contributed by atoms with Crippen LogP contribution < -0.4 is 10.1 Å². The van der Waals surface area contributed by atoms with E-state index in [4.69, 9.17) is 4.74 Å². The first kappa shape index (κ1) is 15.6. The lowest BCUT2D eigenvalue weighted by atomic mass is 10.2. The quantitative estimate of drug-likeness (QED) is 0.797. The zero-order valence-electron chi connectivity index (χ0n) is 13.6. The van der Waals surface area contributed by atoms with Gasteiger partial charge < -0.3 is 10.1 Å². The minimum absolute atomic E-state index is 0.321. The van der Waals surface area contributed by atoms with Crippen LogP contribution in [0.1, 0.15) is 44.5 Å². The second-order valence-electron chi connectivity index (χ2n) is 5.52. The van der Waals surface area contributed by atoms with E-state index in [1.54, 1.807) is 10.9 Å². The highest BCUT2D eigenvalue weighted by atomic mass is 16.5. The smallest absolute Gasteiger partial charge is 0.222 e. The molecule has 2 rings (SSSR count). The molecule has 1 N–H and O–H groups in total. The normalized spacial score (nSPS) is 11.3. The van der Waals surface area contributed by atoms with Crippen LogP contribution in [0.5, 0.6) is 11.6 Å². The average Bonchev–Trinajstić information content (AvgIpc) is 2.99. The third-order valence-electron chi connectivity index (χ3n) is 3.34. The summed E-state index contributed by atoms with van der Waals surface area (Å²) in [7, 11) is 1.90. The molecular formula is C15H25N5O. The molecule has 0 aliphatic heterocycles. The molecule has 0 amide bonds. The van der Waals surface area contributed by atoms with Gasteiger partial charge in [0.25, 0.3) is 0 Å². The van der Waals surface area contributed by atoms with Gasteiger partial charge in [-0.15, -0.1) is 0 Å². The second kappa shape index (κ2) is 6.76. The summed E-state index contributed by atoms with van der Waals surface area (Å²) in [4.78, 5) is 0. The Morgan fingerprint density at radius 3 is 2.76 bits per heavy atom. The van der Waals surface area contributed by atoms with Crippen LogP contribution in [0.15, 0.2) is 12.4 Å². The zero-order valence-corrected chi connectivity index (χ0v) is 13.6. The topological polar surface area (TPSA) is 56.9 Å². The lowest BCUT2D eigenvalue weighted by molar-refractivity contribution is 0.422. The maximum absolute atomic E-state index is 6.00. The highest BCUT2D eigenvalue weighted by molar-refractivity contribution is 5.34. The standard InChI is InChI=1S/C15H25N5O/c1-6-7-16-9-14-12(4)18-19(5)15(14)21-13-8-17-20(10-13)11(2)3/h8,10-11,16H,6-7,9H2,1-5H3. The summed E-state index contributed by atoms with van der Waals surface area (Å²) in [6.45, 7) is 10.1. The van der Waals surface area contributed by atoms with E-state index in [1.807, 2.05) is 24.9 Å². The number of hydrogen-bond acceptors (Lipinski definition) is 4. The van der Waals surface area contributed by atoms with Gasteiger partial charge in [-0.25, -0.2) is 4.68 Å². The first-order valence-electron chi connectivity index (χ1n) is 7.48. The van der Waals surface area contributed by atoms with Gasteiger partial charge in [-0.3, -0.25) is 4.68 Å². The van der Waals surface area contributed by atoms with Gasteiger partial charge in [0.05, 0.1) is 23.7 Å². The van der Waals surface area contributed by atoms with Crippen LogP contribution in [0.2, 0.25) is 0 Å². The molecule has 0 aliphatic carbocycles. The van der Waals surface area contributed by atoms with Crippen LogP contribution in [-0.2, 0) is 13.6 Å². The summed E-state index contributed by atoms with van der Waals surface area (Å²) < 4.78 is 9.67. The molecule has 0 saturated heterocycles. The van der Waals surface area contributed by atoms with E-state index in [9.17, 15) is 0 Å². The zero-order chi connectivity index (χ0) is 15.4. The first-order valence-corrected chi connectivity index (χ1v) is 7.48. The van der Waals surface area contributed by atoms with E-state index in [0.29, 0.717) is 6.04 Å². The van der Waals surface area contributed by atoms with E-state index in [0.717, 1.165) is 42.4 Å². The van der Waals surface area contributed by atoms with Gasteiger partial charge in [-0.1, -0.05) is 6.92 Å². The Kier molecular flexibility index (Phi) is 5.01. The molecule has 116 valence electrons. The van der Waals surface area contributed by atoms with Gasteiger partial charge in [-0.05, 0) is 33.7 Å². The molecule has 0 bridgehead atoms. The van der Waals surface area contributed by atoms with Crippen LogP contribution in [0.25, 0.3) is 0 Å². The van der Waals surface area contributed by atoms with Crippen molar-refractivity contribution in [1.29, 1.82) is 0 Å². The Morgan fingerprint density at radius 2 is 2.14 bits per heavy atom. The Bertz CT molecular complexity index is 585. The van der Waals surface area contributed by atoms with E-state index in [-0.39, 0.29) is 0 Å². The first-order chi connectivity index (χ1) is 10.0. The predicted octanol–water partition coefficient (Wildman–Crippen LogP) is 2.80. The summed E-state index contributed by atoms with van der Waals surface area (Å²) in [5.74, 6) is 1.52. The van der Waals surface area contributed by atoms with E-state index >= 15 is 0 Å². The fourth-order valence-corrected chi connectivity index (χ4v) is 2.17. The molecule has 6 heteroatoms. The van der Waals surface area contributed by atoms with Crippen LogP contribution in [0.3, 0.4) is 0 Å². The Hall–Kier alpha value is -1.82. The number of hydrogen-bond donors (Lipinski definition) is 1. The molecule has 0 aliphatic rings. The third-order valence-corrected chi connectivity index (χ3v) is 3.34. The Morgan fingerprint density at radius 1 is 1.38 bits per heavy atom. The van der Waals surface area contributed by atoms with Crippen molar-refractivity contribution in [2.24, 2.45) is 7.05 Å². The number of ether oxygens (including phenoxy) is 1. The van der Waals surface area contributed by atoms with Gasteiger partial charge in [0.1, 0.15) is 0 Å². The lowest BCUT2D eigenvalue weighted by Gasteiger charge is -2.08. The molecule has 0 aromatic carbocycles. The maximum Gasteiger partial charge on any atom is 0.222 e. The summed E-state index contributed by atoms with van der Waals surface area (Å²) >= 11 is 0. The molecule has 2 aromatic heterocycles. The SMILES string of the molecule is CCCNCc1c(C)nn(C)c1Oc1cnn(C(C)C)c1. The molecule has 0 fully saturated rings. The number of aromatic nitrogens is 4. The largest absolute Gasteiger partial charge is 0.436 e. The van der Waals surface area contributed by atoms with E-state index in [2.05, 4.69) is 36.3 Å². The van der Waals surface area contributed by atoms with Gasteiger partial charge in [-0.2, -0.15) is 10.2 Å². The predicted molar refractivity (Wildman–Crippen MR) is 82.6 cm³/mol. The molecule has 2 heterocycles. The molecule has 6 nitrogen and oxygen atoms in total. The molecular weight excluding hydrogens is 266 g/mol. The molecule has 0 radical (unpaired) electrons. The monoisotopic (exact) mass is 291 g/mol. The number of nitrogens with one attached hydrogen (secondary N) is 1. The Balaban J connectivity index is 2.17. The number of rotatable bonds is 7. The lowest BCUT2D eigenvalue weighted by Crippen LogP contribution is -2.14. The van der Waals surface area contributed by atoms with Crippen molar-refractivity contribution in [1.82, 2.24) is 24.9 Å². The molecule has 0 spiro atoms. The van der Waals surface area contributed by atoms with Crippen molar-refractivity contribution in [3.05, 3.63) is 23.7 Å². The summed E-state index contributed by atoms with van der Waals surface area (Å²) in [5, 5.41) is 12.2. The third kappa shape index (κ3) is 3.64. The number of aryl methyl sites for hydroxylation is 2. The minimum atomic E-state index is 0.321. The highest BCUT2D eigenvalue weighted by Crippen LogP contribution is 2.27. The second-order valence-corrected chi connectivity index (χ2v) is 5.52. The van der Waals surface area contributed by atoms with Crippen molar-refractivity contribution in [3.8, 4) is 11.6 Å². The van der Waals surface area contributed by atoms with Crippen LogP contribution in [0.4, 0.5) is 0 Å². The Labute approximate surface area is 126 Å². The maximum atomic E-state index is 6.00. The molecule has 0 unspecified atom stereocenters.